The molecule has 0 radical (unpaired) electrons. The minimum absolute atomic E-state index is 0.0505. The number of hydrogen-bond acceptors (Lipinski definition) is 6. The van der Waals surface area contributed by atoms with Gasteiger partial charge in [-0.25, -0.2) is 8.42 Å². The van der Waals surface area contributed by atoms with Gasteiger partial charge in [-0.1, -0.05) is 0 Å². The summed E-state index contributed by atoms with van der Waals surface area (Å²) in [5.74, 6) is 0.928. The molecule has 1 aromatic heterocycles. The summed E-state index contributed by atoms with van der Waals surface area (Å²) in [5.41, 5.74) is 0. The van der Waals surface area contributed by atoms with Gasteiger partial charge < -0.3 is 19.2 Å². The number of nitrogens with one attached hydrogen (secondary N) is 1. The zero-order valence-electron chi connectivity index (χ0n) is 13.1. The van der Waals surface area contributed by atoms with Gasteiger partial charge in [-0.2, -0.15) is 0 Å². The predicted octanol–water partition coefficient (Wildman–Crippen LogP) is 2.27. The molecule has 0 aliphatic carbocycles. The first-order chi connectivity index (χ1) is 12.0. The molecule has 134 valence electrons. The Bertz CT molecular complexity index is 850. The van der Waals surface area contributed by atoms with Crippen LogP contribution in [0.5, 0.6) is 11.5 Å². The molecule has 25 heavy (non-hydrogen) atoms. The van der Waals surface area contributed by atoms with E-state index in [0.29, 0.717) is 11.5 Å². The number of carbonyl (C=O) groups is 1. The van der Waals surface area contributed by atoms with Gasteiger partial charge in [0.1, 0.15) is 11.0 Å². The quantitative estimate of drug-likeness (QED) is 0.734. The number of halogens is 1. The summed E-state index contributed by atoms with van der Waals surface area (Å²) in [6.07, 6.45) is 1.49. The van der Waals surface area contributed by atoms with Crippen molar-refractivity contribution in [1.82, 2.24) is 5.32 Å². The average molecular weight is 386 g/mol. The largest absolute Gasteiger partial charge is 0.468 e. The summed E-state index contributed by atoms with van der Waals surface area (Å²) >= 11 is 5.53. The number of benzene rings is 1. The molecule has 1 aliphatic heterocycles. The Morgan fingerprint density at radius 2 is 2.04 bits per heavy atom. The lowest BCUT2D eigenvalue weighted by Gasteiger charge is -2.17. The molecular formula is C16H16ClNO6S. The van der Waals surface area contributed by atoms with Crippen LogP contribution in [0.2, 0.25) is 0 Å². The van der Waals surface area contributed by atoms with Crippen LogP contribution in [-0.2, 0) is 14.6 Å². The Morgan fingerprint density at radius 3 is 2.76 bits per heavy atom. The van der Waals surface area contributed by atoms with Crippen molar-refractivity contribution in [2.75, 3.05) is 19.2 Å². The number of ether oxygens (including phenoxy) is 2. The molecule has 1 aliphatic rings. The molecule has 9 heteroatoms. The van der Waals surface area contributed by atoms with Gasteiger partial charge >= 0.3 is 0 Å². The number of hydrogen-bond donors (Lipinski definition) is 1. The molecule has 1 aromatic carbocycles. The lowest BCUT2D eigenvalue weighted by Crippen LogP contribution is -2.31. The second-order valence-electron chi connectivity index (χ2n) is 5.31. The fraction of sp³-hybridized carbons (Fsp3) is 0.312. The highest BCUT2D eigenvalue weighted by Crippen LogP contribution is 2.37. The molecule has 0 bridgehead atoms. The van der Waals surface area contributed by atoms with Crippen LogP contribution in [-0.4, -0.2) is 33.5 Å². The van der Waals surface area contributed by atoms with Gasteiger partial charge in [-0.3, -0.25) is 4.79 Å². The van der Waals surface area contributed by atoms with Crippen LogP contribution in [0.1, 0.15) is 17.4 Å². The third kappa shape index (κ3) is 3.74. The summed E-state index contributed by atoms with van der Waals surface area (Å²) in [6.45, 7) is -0.0745. The Hall–Kier alpha value is -2.19. The summed E-state index contributed by atoms with van der Waals surface area (Å²) in [7, 11) is -3.83. The van der Waals surface area contributed by atoms with E-state index < -0.39 is 15.1 Å². The van der Waals surface area contributed by atoms with E-state index in [9.17, 15) is 13.2 Å². The van der Waals surface area contributed by atoms with Crippen LogP contribution >= 0.6 is 11.6 Å². The fourth-order valence-electron chi connectivity index (χ4n) is 2.44. The first-order valence-electron chi connectivity index (χ1n) is 7.52. The van der Waals surface area contributed by atoms with Gasteiger partial charge in [0.25, 0.3) is 0 Å². The minimum atomic E-state index is -3.83. The van der Waals surface area contributed by atoms with Gasteiger partial charge in [-0.05, 0) is 24.3 Å². The Balaban J connectivity index is 1.90. The molecule has 1 amide bonds. The first kappa shape index (κ1) is 17.6. The average Bonchev–Trinajstić information content (AvgIpc) is 3.26. The van der Waals surface area contributed by atoms with Crippen LogP contribution in [0.25, 0.3) is 0 Å². The number of sulfone groups is 1. The SMILES string of the molecule is O=C(CCCl)NC[C@H](c1ccco1)S(=O)(=O)c1ccc2c(c1)OCO2. The molecular weight excluding hydrogens is 370 g/mol. The molecule has 3 rings (SSSR count). The highest BCUT2D eigenvalue weighted by molar-refractivity contribution is 7.91. The molecule has 1 N–H and O–H groups in total. The molecule has 0 fully saturated rings. The number of rotatable bonds is 7. The molecule has 0 saturated heterocycles. The Morgan fingerprint density at radius 1 is 1.24 bits per heavy atom. The van der Waals surface area contributed by atoms with Crippen molar-refractivity contribution in [2.24, 2.45) is 0 Å². The molecule has 2 aromatic rings. The van der Waals surface area contributed by atoms with Crippen molar-refractivity contribution in [1.29, 1.82) is 0 Å². The molecule has 0 unspecified atom stereocenters. The van der Waals surface area contributed by atoms with Gasteiger partial charge in [0, 0.05) is 24.9 Å². The van der Waals surface area contributed by atoms with Crippen LogP contribution in [0.15, 0.2) is 45.9 Å². The maximum Gasteiger partial charge on any atom is 0.231 e. The highest BCUT2D eigenvalue weighted by atomic mass is 35.5. The maximum absolute atomic E-state index is 13.1. The fourth-order valence-corrected chi connectivity index (χ4v) is 4.21. The monoisotopic (exact) mass is 385 g/mol. The summed E-state index contributed by atoms with van der Waals surface area (Å²) in [6, 6.07) is 7.55. The van der Waals surface area contributed by atoms with Crippen LogP contribution in [0.3, 0.4) is 0 Å². The number of alkyl halides is 1. The number of furan rings is 1. The van der Waals surface area contributed by atoms with Gasteiger partial charge in [-0.15, -0.1) is 11.6 Å². The van der Waals surface area contributed by atoms with Gasteiger partial charge in [0.05, 0.1) is 11.2 Å². The van der Waals surface area contributed by atoms with Crippen molar-refractivity contribution >= 4 is 27.3 Å². The number of fused-ring (bicyclic) bond motifs is 1. The van der Waals surface area contributed by atoms with E-state index >= 15 is 0 Å². The molecule has 2 heterocycles. The van der Waals surface area contributed by atoms with Crippen molar-refractivity contribution in [3.05, 3.63) is 42.4 Å². The van der Waals surface area contributed by atoms with Crippen LogP contribution < -0.4 is 14.8 Å². The molecule has 7 nitrogen and oxygen atoms in total. The standard InChI is InChI=1S/C16H16ClNO6S/c17-6-5-16(19)18-9-15(13-2-1-7-22-13)25(20,21)11-3-4-12-14(8-11)24-10-23-12/h1-4,7-8,15H,5-6,9-10H2,(H,18,19)/t15-/m1/s1. The summed E-state index contributed by atoms with van der Waals surface area (Å²) in [4.78, 5) is 11.7. The third-order valence-electron chi connectivity index (χ3n) is 3.71. The van der Waals surface area contributed by atoms with E-state index in [0.717, 1.165) is 0 Å². The number of carbonyl (C=O) groups excluding carboxylic acids is 1. The van der Waals surface area contributed by atoms with Crippen molar-refractivity contribution < 1.29 is 27.1 Å². The van der Waals surface area contributed by atoms with Crippen LogP contribution in [0, 0.1) is 0 Å². The van der Waals surface area contributed by atoms with Gasteiger partial charge in [0.15, 0.2) is 21.3 Å². The second kappa shape index (κ2) is 7.37. The molecule has 1 atom stereocenters. The van der Waals surface area contributed by atoms with E-state index in [1.807, 2.05) is 0 Å². The zero-order valence-corrected chi connectivity index (χ0v) is 14.7. The lowest BCUT2D eigenvalue weighted by atomic mass is 10.3. The van der Waals surface area contributed by atoms with E-state index in [4.69, 9.17) is 25.5 Å². The normalized spacial score (nSPS) is 14.3. The van der Waals surface area contributed by atoms with E-state index in [1.54, 1.807) is 18.2 Å². The maximum atomic E-state index is 13.1. The topological polar surface area (TPSA) is 94.8 Å². The number of amides is 1. The van der Waals surface area contributed by atoms with Gasteiger partial charge in [0.2, 0.25) is 12.7 Å². The Labute approximate surface area is 149 Å². The molecule has 0 spiro atoms. The molecule has 0 saturated carbocycles. The van der Waals surface area contributed by atoms with E-state index in [2.05, 4.69) is 5.32 Å². The zero-order chi connectivity index (χ0) is 17.9. The van der Waals surface area contributed by atoms with Crippen molar-refractivity contribution in [3.63, 3.8) is 0 Å². The van der Waals surface area contributed by atoms with Crippen molar-refractivity contribution in [2.45, 2.75) is 16.6 Å². The summed E-state index contributed by atoms with van der Waals surface area (Å²) in [5, 5.41) is 1.51. The van der Waals surface area contributed by atoms with E-state index in [-0.39, 0.29) is 42.2 Å². The highest BCUT2D eigenvalue weighted by Gasteiger charge is 2.33. The first-order valence-corrected chi connectivity index (χ1v) is 9.60. The van der Waals surface area contributed by atoms with E-state index in [1.165, 1.54) is 18.4 Å². The smallest absolute Gasteiger partial charge is 0.231 e. The third-order valence-corrected chi connectivity index (χ3v) is 5.96. The van der Waals surface area contributed by atoms with Crippen LogP contribution in [0.4, 0.5) is 0 Å². The minimum Gasteiger partial charge on any atom is -0.468 e. The lowest BCUT2D eigenvalue weighted by molar-refractivity contribution is -0.120. The Kier molecular flexibility index (Phi) is 5.19. The van der Waals surface area contributed by atoms with Crippen molar-refractivity contribution in [3.8, 4) is 11.5 Å². The summed E-state index contributed by atoms with van der Waals surface area (Å²) < 4.78 is 41.9. The second-order valence-corrected chi connectivity index (χ2v) is 7.82. The predicted molar refractivity (Wildman–Crippen MR) is 89.5 cm³/mol.